The Morgan fingerprint density at radius 1 is 1.25 bits per heavy atom. The second-order valence-electron chi connectivity index (χ2n) is 5.24. The number of carbonyl (C=O) groups is 1. The van der Waals surface area contributed by atoms with E-state index in [1.54, 1.807) is 0 Å². The van der Waals surface area contributed by atoms with Gasteiger partial charge in [-0.3, -0.25) is 14.6 Å². The molecule has 0 aliphatic carbocycles. The fraction of sp³-hybridized carbons (Fsp3) is 0.917. The van der Waals surface area contributed by atoms with Crippen LogP contribution in [-0.4, -0.2) is 53.5 Å². The van der Waals surface area contributed by atoms with Crippen molar-refractivity contribution in [3.8, 4) is 0 Å². The normalized spacial score (nSPS) is 24.2. The molecule has 0 spiro atoms. The summed E-state index contributed by atoms with van der Waals surface area (Å²) in [4.78, 5) is 15.9. The summed E-state index contributed by atoms with van der Waals surface area (Å²) in [7, 11) is 0. The van der Waals surface area contributed by atoms with Crippen LogP contribution in [0.25, 0.3) is 0 Å². The van der Waals surface area contributed by atoms with Crippen LogP contribution in [0, 0.1) is 0 Å². The van der Waals surface area contributed by atoms with Crippen LogP contribution in [0.5, 0.6) is 0 Å². The Kier molecular flexibility index (Phi) is 4.74. The van der Waals surface area contributed by atoms with Crippen molar-refractivity contribution in [3.63, 3.8) is 0 Å². The summed E-state index contributed by atoms with van der Waals surface area (Å²) in [6.07, 6.45) is 0.474. The number of piperazine rings is 1. The summed E-state index contributed by atoms with van der Waals surface area (Å²) in [5, 5.41) is 0. The van der Waals surface area contributed by atoms with Gasteiger partial charge in [-0.05, 0) is 27.7 Å². The number of nitrogens with zero attached hydrogens (tertiary/aromatic N) is 2. The van der Waals surface area contributed by atoms with E-state index in [4.69, 9.17) is 5.73 Å². The minimum Gasteiger partial charge on any atom is -0.370 e. The lowest BCUT2D eigenvalue weighted by molar-refractivity contribution is -0.120. The molecule has 1 unspecified atom stereocenters. The van der Waals surface area contributed by atoms with Crippen LogP contribution >= 0.6 is 0 Å². The molecule has 1 saturated heterocycles. The molecule has 0 saturated carbocycles. The van der Waals surface area contributed by atoms with Gasteiger partial charge in [0.1, 0.15) is 0 Å². The van der Waals surface area contributed by atoms with Crippen molar-refractivity contribution in [2.24, 2.45) is 5.73 Å². The summed E-state index contributed by atoms with van der Waals surface area (Å²) < 4.78 is 0. The molecule has 1 amide bonds. The van der Waals surface area contributed by atoms with Gasteiger partial charge in [0.2, 0.25) is 5.91 Å². The first-order valence-corrected chi connectivity index (χ1v) is 6.20. The highest BCUT2D eigenvalue weighted by Crippen LogP contribution is 2.17. The Bertz CT molecular complexity index is 240. The zero-order valence-electron chi connectivity index (χ0n) is 10.9. The Morgan fingerprint density at radius 3 is 2.31 bits per heavy atom. The molecular formula is C12H25N3O. The van der Waals surface area contributed by atoms with Gasteiger partial charge < -0.3 is 5.73 Å². The molecule has 16 heavy (non-hydrogen) atoms. The maximum absolute atomic E-state index is 11.1. The predicted molar refractivity (Wildman–Crippen MR) is 66.2 cm³/mol. The fourth-order valence-corrected chi connectivity index (χ4v) is 2.46. The summed E-state index contributed by atoms with van der Waals surface area (Å²) >= 11 is 0. The van der Waals surface area contributed by atoms with E-state index in [0.29, 0.717) is 18.5 Å². The van der Waals surface area contributed by atoms with Crippen molar-refractivity contribution in [2.45, 2.75) is 52.2 Å². The molecule has 0 aromatic heterocycles. The molecule has 1 fully saturated rings. The highest BCUT2D eigenvalue weighted by atomic mass is 16.1. The lowest BCUT2D eigenvalue weighted by atomic mass is 10.0. The summed E-state index contributed by atoms with van der Waals surface area (Å²) in [6.45, 7) is 11.8. The average molecular weight is 227 g/mol. The van der Waals surface area contributed by atoms with Crippen molar-refractivity contribution in [1.29, 1.82) is 0 Å². The lowest BCUT2D eigenvalue weighted by Gasteiger charge is -2.44. The van der Waals surface area contributed by atoms with Gasteiger partial charge in [0.05, 0.1) is 0 Å². The minimum atomic E-state index is -0.193. The number of carbonyl (C=O) groups excluding carboxylic acids is 1. The van der Waals surface area contributed by atoms with Gasteiger partial charge >= 0.3 is 0 Å². The number of hydrogen-bond acceptors (Lipinski definition) is 3. The van der Waals surface area contributed by atoms with E-state index in [9.17, 15) is 4.79 Å². The van der Waals surface area contributed by atoms with E-state index in [2.05, 4.69) is 37.5 Å². The van der Waals surface area contributed by atoms with Crippen LogP contribution in [0.4, 0.5) is 0 Å². The van der Waals surface area contributed by atoms with E-state index in [-0.39, 0.29) is 11.9 Å². The molecule has 2 N–H and O–H groups in total. The highest BCUT2D eigenvalue weighted by molar-refractivity contribution is 5.74. The molecule has 1 aliphatic heterocycles. The molecule has 0 aromatic rings. The van der Waals surface area contributed by atoms with Gasteiger partial charge in [-0.25, -0.2) is 0 Å². The molecule has 1 atom stereocenters. The van der Waals surface area contributed by atoms with Crippen molar-refractivity contribution >= 4 is 5.91 Å². The third-order valence-electron chi connectivity index (χ3n) is 3.39. The van der Waals surface area contributed by atoms with Crippen molar-refractivity contribution in [1.82, 2.24) is 9.80 Å². The van der Waals surface area contributed by atoms with Crippen LogP contribution in [-0.2, 0) is 4.79 Å². The Hall–Kier alpha value is -0.610. The molecule has 0 bridgehead atoms. The van der Waals surface area contributed by atoms with E-state index >= 15 is 0 Å². The second-order valence-corrected chi connectivity index (χ2v) is 5.24. The molecule has 0 aromatic carbocycles. The van der Waals surface area contributed by atoms with Crippen LogP contribution in [0.1, 0.15) is 34.1 Å². The van der Waals surface area contributed by atoms with E-state index in [0.717, 1.165) is 19.6 Å². The number of nitrogens with two attached hydrogens (primary N) is 1. The van der Waals surface area contributed by atoms with Gasteiger partial charge in [-0.2, -0.15) is 0 Å². The number of primary amides is 1. The maximum atomic E-state index is 11.1. The Morgan fingerprint density at radius 2 is 1.88 bits per heavy atom. The molecule has 4 nitrogen and oxygen atoms in total. The molecule has 94 valence electrons. The molecule has 1 heterocycles. The monoisotopic (exact) mass is 227 g/mol. The Labute approximate surface area is 98.8 Å². The third kappa shape index (κ3) is 3.46. The smallest absolute Gasteiger partial charge is 0.219 e. The van der Waals surface area contributed by atoms with Gasteiger partial charge in [-0.15, -0.1) is 0 Å². The van der Waals surface area contributed by atoms with Crippen LogP contribution in [0.2, 0.25) is 0 Å². The highest BCUT2D eigenvalue weighted by Gasteiger charge is 2.30. The van der Waals surface area contributed by atoms with Crippen LogP contribution in [0.3, 0.4) is 0 Å². The van der Waals surface area contributed by atoms with Gasteiger partial charge in [0.15, 0.2) is 0 Å². The van der Waals surface area contributed by atoms with E-state index in [1.165, 1.54) is 0 Å². The summed E-state index contributed by atoms with van der Waals surface area (Å²) in [5.74, 6) is -0.193. The second kappa shape index (κ2) is 5.64. The number of rotatable bonds is 4. The first kappa shape index (κ1) is 13.5. The van der Waals surface area contributed by atoms with Crippen LogP contribution in [0.15, 0.2) is 0 Å². The lowest BCUT2D eigenvalue weighted by Crippen LogP contribution is -2.57. The zero-order valence-corrected chi connectivity index (χ0v) is 10.9. The summed E-state index contributed by atoms with van der Waals surface area (Å²) in [5.41, 5.74) is 5.32. The average Bonchev–Trinajstić information content (AvgIpc) is 2.15. The quantitative estimate of drug-likeness (QED) is 0.768. The van der Waals surface area contributed by atoms with Gasteiger partial charge in [0, 0.05) is 44.2 Å². The molecule has 1 aliphatic rings. The SMILES string of the molecule is CC(C)N1CCN(C(C)C)C(CC(N)=O)C1. The van der Waals surface area contributed by atoms with Gasteiger partial charge in [-0.1, -0.05) is 0 Å². The first-order valence-electron chi connectivity index (χ1n) is 6.20. The van der Waals surface area contributed by atoms with Crippen molar-refractivity contribution < 1.29 is 4.79 Å². The molecular weight excluding hydrogens is 202 g/mol. The van der Waals surface area contributed by atoms with Crippen molar-refractivity contribution in [2.75, 3.05) is 19.6 Å². The zero-order chi connectivity index (χ0) is 12.3. The Balaban J connectivity index is 2.65. The molecule has 1 rings (SSSR count). The van der Waals surface area contributed by atoms with E-state index < -0.39 is 0 Å². The molecule has 4 heteroatoms. The maximum Gasteiger partial charge on any atom is 0.219 e. The first-order chi connectivity index (χ1) is 7.41. The standard InChI is InChI=1S/C12H25N3O/c1-9(2)14-5-6-15(10(3)4)11(8-14)7-12(13)16/h9-11H,5-8H2,1-4H3,(H2,13,16). The third-order valence-corrected chi connectivity index (χ3v) is 3.39. The van der Waals surface area contributed by atoms with E-state index in [1.807, 2.05) is 0 Å². The largest absolute Gasteiger partial charge is 0.370 e. The van der Waals surface area contributed by atoms with Gasteiger partial charge in [0.25, 0.3) is 0 Å². The predicted octanol–water partition coefficient (Wildman–Crippen LogP) is 0.665. The van der Waals surface area contributed by atoms with Crippen LogP contribution < -0.4 is 5.73 Å². The number of amides is 1. The topological polar surface area (TPSA) is 49.6 Å². The summed E-state index contributed by atoms with van der Waals surface area (Å²) in [6, 6.07) is 1.32. The van der Waals surface area contributed by atoms with Crippen molar-refractivity contribution in [3.05, 3.63) is 0 Å². The molecule has 0 radical (unpaired) electrons. The number of hydrogen-bond donors (Lipinski definition) is 1. The minimum absolute atomic E-state index is 0.193. The fourth-order valence-electron chi connectivity index (χ4n) is 2.46.